The van der Waals surface area contributed by atoms with Crippen LogP contribution in [0.1, 0.15) is 21.5 Å². The first-order chi connectivity index (χ1) is 21.9. The number of nitrogens with one attached hydrogen (secondary N) is 2. The summed E-state index contributed by atoms with van der Waals surface area (Å²) in [5.41, 5.74) is 3.64. The van der Waals surface area contributed by atoms with Crippen LogP contribution in [0, 0.1) is 0 Å². The van der Waals surface area contributed by atoms with Crippen LogP contribution in [0.5, 0.6) is 17.2 Å². The van der Waals surface area contributed by atoms with E-state index in [-0.39, 0.29) is 11.6 Å². The average molecular weight is 624 g/mol. The number of anilines is 2. The van der Waals surface area contributed by atoms with Crippen molar-refractivity contribution in [1.82, 2.24) is 5.32 Å². The van der Waals surface area contributed by atoms with Crippen molar-refractivity contribution in [2.45, 2.75) is 11.3 Å². The minimum atomic E-state index is -0.531. The number of nitrogens with zero attached hydrogens (tertiary/aromatic N) is 1. The van der Waals surface area contributed by atoms with E-state index >= 15 is 0 Å². The standard InChI is InChI=1S/C35H33N3O6S/c1-42-30-20-23(21-31(43-2)33(30)44-3)19-28(37-34(40)25-10-5-4-6-11-25)35(41)36-26-13-15-27(16-14-26)45-22-32(39)38-18-17-24-9-7-8-12-29(24)38/h4-16,19-21H,17-18,22H2,1-3H3,(H,36,41)(H,37,40)/b28-19-. The number of hydrogen-bond donors (Lipinski definition) is 2. The van der Waals surface area contributed by atoms with Crippen LogP contribution < -0.4 is 29.7 Å². The van der Waals surface area contributed by atoms with Crippen molar-refractivity contribution in [2.75, 3.05) is 43.8 Å². The maximum atomic E-state index is 13.5. The van der Waals surface area contributed by atoms with Crippen LogP contribution >= 0.6 is 11.8 Å². The summed E-state index contributed by atoms with van der Waals surface area (Å²) in [4.78, 5) is 42.2. The molecule has 0 spiro atoms. The van der Waals surface area contributed by atoms with Crippen LogP contribution in [0.15, 0.2) is 102 Å². The van der Waals surface area contributed by atoms with Gasteiger partial charge in [0.2, 0.25) is 11.7 Å². The fourth-order valence-electron chi connectivity index (χ4n) is 4.95. The molecule has 0 fully saturated rings. The molecule has 0 bridgehead atoms. The number of amides is 3. The fraction of sp³-hybridized carbons (Fsp3) is 0.171. The summed E-state index contributed by atoms with van der Waals surface area (Å²) in [6.45, 7) is 0.691. The molecule has 45 heavy (non-hydrogen) atoms. The number of fused-ring (bicyclic) bond motifs is 1. The fourth-order valence-corrected chi connectivity index (χ4v) is 5.72. The monoisotopic (exact) mass is 623 g/mol. The van der Waals surface area contributed by atoms with Crippen molar-refractivity contribution in [3.05, 3.63) is 113 Å². The number of thioether (sulfide) groups is 1. The summed E-state index contributed by atoms with van der Waals surface area (Å²) in [7, 11) is 4.50. The lowest BCUT2D eigenvalue weighted by molar-refractivity contribution is -0.116. The molecule has 4 aromatic rings. The molecule has 9 nitrogen and oxygen atoms in total. The number of hydrogen-bond acceptors (Lipinski definition) is 7. The summed E-state index contributed by atoms with van der Waals surface area (Å²) in [5.74, 6) is 0.584. The molecular formula is C35H33N3O6S. The van der Waals surface area contributed by atoms with E-state index in [0.717, 1.165) is 17.0 Å². The van der Waals surface area contributed by atoms with E-state index in [1.807, 2.05) is 35.2 Å². The number of ether oxygens (including phenoxy) is 3. The first kappa shape index (κ1) is 31.2. The largest absolute Gasteiger partial charge is 0.493 e. The lowest BCUT2D eigenvalue weighted by Gasteiger charge is -2.17. The molecule has 4 aromatic carbocycles. The molecule has 0 aromatic heterocycles. The van der Waals surface area contributed by atoms with Crippen LogP contribution in [0.4, 0.5) is 11.4 Å². The second-order valence-electron chi connectivity index (χ2n) is 10.0. The molecule has 0 aliphatic carbocycles. The van der Waals surface area contributed by atoms with E-state index in [9.17, 15) is 14.4 Å². The van der Waals surface area contributed by atoms with Gasteiger partial charge in [0.25, 0.3) is 11.8 Å². The Morgan fingerprint density at radius 1 is 0.844 bits per heavy atom. The number of benzene rings is 4. The van der Waals surface area contributed by atoms with Gasteiger partial charge in [-0.2, -0.15) is 0 Å². The smallest absolute Gasteiger partial charge is 0.272 e. The van der Waals surface area contributed by atoms with Crippen LogP contribution in [0.25, 0.3) is 6.08 Å². The molecule has 0 atom stereocenters. The van der Waals surface area contributed by atoms with Crippen LogP contribution in [0.3, 0.4) is 0 Å². The van der Waals surface area contributed by atoms with Gasteiger partial charge < -0.3 is 29.7 Å². The zero-order valence-corrected chi connectivity index (χ0v) is 26.0. The molecule has 0 unspecified atom stereocenters. The Kier molecular flexibility index (Phi) is 10.1. The van der Waals surface area contributed by atoms with Gasteiger partial charge in [-0.25, -0.2) is 0 Å². The van der Waals surface area contributed by atoms with Crippen LogP contribution in [-0.2, 0) is 16.0 Å². The van der Waals surface area contributed by atoms with Crippen molar-refractivity contribution in [2.24, 2.45) is 0 Å². The summed E-state index contributed by atoms with van der Waals surface area (Å²) in [5, 5.41) is 5.59. The molecule has 1 heterocycles. The topological polar surface area (TPSA) is 106 Å². The molecule has 0 radical (unpaired) electrons. The molecular weight excluding hydrogens is 590 g/mol. The van der Waals surface area contributed by atoms with Gasteiger partial charge in [-0.1, -0.05) is 36.4 Å². The minimum absolute atomic E-state index is 0.00747. The van der Waals surface area contributed by atoms with Gasteiger partial charge in [0.1, 0.15) is 5.70 Å². The van der Waals surface area contributed by atoms with Gasteiger partial charge in [-0.3, -0.25) is 14.4 Å². The van der Waals surface area contributed by atoms with Gasteiger partial charge in [0.05, 0.1) is 27.1 Å². The van der Waals surface area contributed by atoms with Gasteiger partial charge in [-0.15, -0.1) is 11.8 Å². The predicted molar refractivity (Wildman–Crippen MR) is 176 cm³/mol. The summed E-state index contributed by atoms with van der Waals surface area (Å²) >= 11 is 1.44. The van der Waals surface area contributed by atoms with E-state index in [0.29, 0.717) is 46.4 Å². The van der Waals surface area contributed by atoms with Gasteiger partial charge in [-0.05, 0) is 78.2 Å². The van der Waals surface area contributed by atoms with Gasteiger partial charge >= 0.3 is 0 Å². The number of carbonyl (C=O) groups is 3. The quantitative estimate of drug-likeness (QED) is 0.161. The third kappa shape index (κ3) is 7.47. The number of para-hydroxylation sites is 1. The molecule has 1 aliphatic rings. The Morgan fingerprint density at radius 3 is 2.18 bits per heavy atom. The zero-order chi connectivity index (χ0) is 31.8. The Labute approximate surface area is 266 Å². The third-order valence-corrected chi connectivity index (χ3v) is 8.19. The van der Waals surface area contributed by atoms with E-state index in [1.165, 1.54) is 44.7 Å². The second-order valence-corrected chi connectivity index (χ2v) is 11.1. The predicted octanol–water partition coefficient (Wildman–Crippen LogP) is 5.80. The van der Waals surface area contributed by atoms with Crippen molar-refractivity contribution in [3.63, 3.8) is 0 Å². The van der Waals surface area contributed by atoms with E-state index in [2.05, 4.69) is 16.7 Å². The summed E-state index contributed by atoms with van der Waals surface area (Å²) < 4.78 is 16.3. The first-order valence-electron chi connectivity index (χ1n) is 14.2. The maximum Gasteiger partial charge on any atom is 0.272 e. The molecule has 230 valence electrons. The molecule has 3 amide bonds. The Balaban J connectivity index is 1.31. The molecule has 5 rings (SSSR count). The lowest BCUT2D eigenvalue weighted by Crippen LogP contribution is -2.30. The highest BCUT2D eigenvalue weighted by Gasteiger charge is 2.24. The summed E-state index contributed by atoms with van der Waals surface area (Å²) in [6.07, 6.45) is 2.40. The van der Waals surface area contributed by atoms with Crippen LogP contribution in [-0.4, -0.2) is 51.3 Å². The number of carbonyl (C=O) groups excluding carboxylic acids is 3. The van der Waals surface area contributed by atoms with E-state index < -0.39 is 11.8 Å². The highest BCUT2D eigenvalue weighted by atomic mass is 32.2. The van der Waals surface area contributed by atoms with E-state index in [1.54, 1.807) is 54.6 Å². The number of methoxy groups -OCH3 is 3. The SMILES string of the molecule is COc1cc(/C=C(\NC(=O)c2ccccc2)C(=O)Nc2ccc(SCC(=O)N3CCc4ccccc43)cc2)cc(OC)c1OC. The highest BCUT2D eigenvalue weighted by molar-refractivity contribution is 8.00. The first-order valence-corrected chi connectivity index (χ1v) is 15.2. The van der Waals surface area contributed by atoms with Crippen molar-refractivity contribution in [1.29, 1.82) is 0 Å². The Bertz CT molecular complexity index is 1700. The maximum absolute atomic E-state index is 13.5. The van der Waals surface area contributed by atoms with Gasteiger partial charge in [0.15, 0.2) is 11.5 Å². The third-order valence-electron chi connectivity index (χ3n) is 7.19. The molecule has 0 saturated heterocycles. The minimum Gasteiger partial charge on any atom is -0.493 e. The molecule has 2 N–H and O–H groups in total. The number of rotatable bonds is 11. The second kappa shape index (κ2) is 14.5. The zero-order valence-electron chi connectivity index (χ0n) is 25.2. The normalized spacial score (nSPS) is 12.2. The lowest BCUT2D eigenvalue weighted by atomic mass is 10.1. The van der Waals surface area contributed by atoms with Crippen molar-refractivity contribution >= 4 is 46.9 Å². The molecule has 10 heteroatoms. The Hall–Kier alpha value is -5.22. The summed E-state index contributed by atoms with van der Waals surface area (Å²) in [6, 6.07) is 27.1. The average Bonchev–Trinajstić information content (AvgIpc) is 3.51. The van der Waals surface area contributed by atoms with Crippen LogP contribution in [0.2, 0.25) is 0 Å². The van der Waals surface area contributed by atoms with Crippen molar-refractivity contribution in [3.8, 4) is 17.2 Å². The Morgan fingerprint density at radius 2 is 1.51 bits per heavy atom. The van der Waals surface area contributed by atoms with E-state index in [4.69, 9.17) is 14.2 Å². The van der Waals surface area contributed by atoms with Gasteiger partial charge in [0, 0.05) is 28.4 Å². The molecule has 1 aliphatic heterocycles. The molecule has 0 saturated carbocycles. The highest BCUT2D eigenvalue weighted by Crippen LogP contribution is 2.38. The van der Waals surface area contributed by atoms with Crippen molar-refractivity contribution < 1.29 is 28.6 Å².